The molecule has 0 bridgehead atoms. The second kappa shape index (κ2) is 7.80. The average molecular weight is 267 g/mol. The van der Waals surface area contributed by atoms with Crippen molar-refractivity contribution in [1.29, 1.82) is 0 Å². The van der Waals surface area contributed by atoms with Crippen molar-refractivity contribution in [2.75, 3.05) is 20.1 Å². The molecule has 0 aromatic heterocycles. The van der Waals surface area contributed by atoms with E-state index in [2.05, 4.69) is 30.6 Å². The summed E-state index contributed by atoms with van der Waals surface area (Å²) in [6, 6.07) is 0.145. The van der Waals surface area contributed by atoms with Crippen LogP contribution in [-0.4, -0.2) is 37.5 Å². The van der Waals surface area contributed by atoms with Crippen molar-refractivity contribution in [2.45, 2.75) is 45.9 Å². The second-order valence-electron chi connectivity index (χ2n) is 5.64. The number of aliphatic hydroxyl groups is 1. The predicted molar refractivity (Wildman–Crippen MR) is 80.8 cm³/mol. The summed E-state index contributed by atoms with van der Waals surface area (Å²) in [5.74, 6) is 0.365. The molecule has 1 rings (SSSR count). The molecule has 3 atom stereocenters. The molecule has 0 spiro atoms. The summed E-state index contributed by atoms with van der Waals surface area (Å²) in [6.45, 7) is 8.08. The summed E-state index contributed by atoms with van der Waals surface area (Å²) in [7, 11) is 1.96. The zero-order valence-corrected chi connectivity index (χ0v) is 12.7. The van der Waals surface area contributed by atoms with E-state index in [1.165, 1.54) is 11.1 Å². The maximum Gasteiger partial charge on any atom is 0.131 e. The summed E-state index contributed by atoms with van der Waals surface area (Å²) in [5.41, 5.74) is 9.50. The summed E-state index contributed by atoms with van der Waals surface area (Å²) in [4.78, 5) is 0. The van der Waals surface area contributed by atoms with Crippen LogP contribution in [0.1, 0.15) is 33.6 Å². The van der Waals surface area contributed by atoms with Crippen LogP contribution in [0.3, 0.4) is 0 Å². The lowest BCUT2D eigenvalue weighted by Gasteiger charge is -2.29. The normalized spacial score (nSPS) is 24.5. The minimum Gasteiger partial charge on any atom is -0.374 e. The average Bonchev–Trinajstić information content (AvgIpc) is 2.31. The Balaban J connectivity index is 3.07. The number of hydrogen-bond donors (Lipinski definition) is 4. The minimum atomic E-state index is -0.550. The van der Waals surface area contributed by atoms with E-state index in [0.717, 1.165) is 31.5 Å². The van der Waals surface area contributed by atoms with Gasteiger partial charge < -0.3 is 16.2 Å². The van der Waals surface area contributed by atoms with Crippen molar-refractivity contribution < 1.29 is 5.11 Å². The lowest BCUT2D eigenvalue weighted by atomic mass is 9.85. The van der Waals surface area contributed by atoms with Gasteiger partial charge in [-0.15, -0.1) is 0 Å². The summed E-state index contributed by atoms with van der Waals surface area (Å²) in [5, 5.41) is 16.5. The highest BCUT2D eigenvalue weighted by molar-refractivity contribution is 5.40. The second-order valence-corrected chi connectivity index (χ2v) is 5.64. The largest absolute Gasteiger partial charge is 0.374 e. The Hall–Kier alpha value is -0.680. The summed E-state index contributed by atoms with van der Waals surface area (Å²) in [6.07, 6.45) is 3.44. The van der Waals surface area contributed by atoms with Crippen LogP contribution in [0.5, 0.6) is 0 Å². The molecule has 19 heavy (non-hydrogen) atoms. The molecule has 3 unspecified atom stereocenters. The fourth-order valence-corrected chi connectivity index (χ4v) is 2.88. The van der Waals surface area contributed by atoms with Crippen LogP contribution in [0.2, 0.25) is 0 Å². The lowest BCUT2D eigenvalue weighted by molar-refractivity contribution is 0.168. The van der Waals surface area contributed by atoms with E-state index in [1.54, 1.807) is 0 Å². The van der Waals surface area contributed by atoms with Crippen LogP contribution in [-0.2, 0) is 0 Å². The molecule has 4 nitrogen and oxygen atoms in total. The SMILES string of the molecule is CNCC(C)/C(C1=CCCNC1O)=C(/C)CC(C)N. The molecule has 0 radical (unpaired) electrons. The van der Waals surface area contributed by atoms with Crippen molar-refractivity contribution in [3.63, 3.8) is 0 Å². The summed E-state index contributed by atoms with van der Waals surface area (Å²) < 4.78 is 0. The third kappa shape index (κ3) is 4.73. The number of nitrogens with one attached hydrogen (secondary N) is 2. The third-order valence-corrected chi connectivity index (χ3v) is 3.54. The lowest BCUT2D eigenvalue weighted by Crippen LogP contribution is -2.37. The van der Waals surface area contributed by atoms with E-state index in [0.29, 0.717) is 5.92 Å². The molecule has 1 heterocycles. The van der Waals surface area contributed by atoms with Crippen LogP contribution in [0.4, 0.5) is 0 Å². The first-order valence-electron chi connectivity index (χ1n) is 7.19. The van der Waals surface area contributed by atoms with Crippen LogP contribution in [0, 0.1) is 5.92 Å². The Kier molecular flexibility index (Phi) is 6.72. The fourth-order valence-electron chi connectivity index (χ4n) is 2.88. The molecular weight excluding hydrogens is 238 g/mol. The monoisotopic (exact) mass is 267 g/mol. The first-order valence-corrected chi connectivity index (χ1v) is 7.19. The van der Waals surface area contributed by atoms with E-state index in [1.807, 2.05) is 14.0 Å². The molecule has 0 aromatic rings. The highest BCUT2D eigenvalue weighted by Gasteiger charge is 2.23. The molecule has 0 amide bonds. The van der Waals surface area contributed by atoms with Gasteiger partial charge in [0.1, 0.15) is 6.23 Å². The number of aliphatic hydroxyl groups excluding tert-OH is 1. The van der Waals surface area contributed by atoms with Gasteiger partial charge in [-0.3, -0.25) is 5.32 Å². The quantitative estimate of drug-likeness (QED) is 0.582. The number of nitrogens with two attached hydrogens (primary N) is 1. The van der Waals surface area contributed by atoms with Gasteiger partial charge in [0, 0.05) is 19.1 Å². The molecule has 0 aliphatic carbocycles. The van der Waals surface area contributed by atoms with Crippen molar-refractivity contribution in [3.05, 3.63) is 22.8 Å². The van der Waals surface area contributed by atoms with Gasteiger partial charge in [-0.1, -0.05) is 18.6 Å². The maximum atomic E-state index is 10.2. The van der Waals surface area contributed by atoms with Gasteiger partial charge in [0.05, 0.1) is 0 Å². The van der Waals surface area contributed by atoms with E-state index >= 15 is 0 Å². The van der Waals surface area contributed by atoms with Gasteiger partial charge in [-0.05, 0) is 50.8 Å². The van der Waals surface area contributed by atoms with Crippen molar-refractivity contribution in [1.82, 2.24) is 10.6 Å². The topological polar surface area (TPSA) is 70.3 Å². The van der Waals surface area contributed by atoms with Gasteiger partial charge in [-0.25, -0.2) is 0 Å². The van der Waals surface area contributed by atoms with Gasteiger partial charge in [0.25, 0.3) is 0 Å². The first-order chi connectivity index (χ1) is 8.97. The predicted octanol–water partition coefficient (Wildman–Crippen LogP) is 1.13. The van der Waals surface area contributed by atoms with Crippen molar-refractivity contribution in [2.24, 2.45) is 11.7 Å². The van der Waals surface area contributed by atoms with E-state index in [-0.39, 0.29) is 6.04 Å². The molecule has 0 fully saturated rings. The molecule has 1 aliphatic heterocycles. The van der Waals surface area contributed by atoms with Crippen LogP contribution in [0.15, 0.2) is 22.8 Å². The first kappa shape index (κ1) is 16.4. The van der Waals surface area contributed by atoms with E-state index in [4.69, 9.17) is 5.73 Å². The molecule has 0 saturated heterocycles. The number of hydrogen-bond acceptors (Lipinski definition) is 4. The van der Waals surface area contributed by atoms with Gasteiger partial charge in [0.2, 0.25) is 0 Å². The number of rotatable bonds is 6. The molecule has 1 aliphatic rings. The minimum absolute atomic E-state index is 0.145. The van der Waals surface area contributed by atoms with Crippen LogP contribution in [0.25, 0.3) is 0 Å². The maximum absolute atomic E-state index is 10.2. The Morgan fingerprint density at radius 1 is 1.58 bits per heavy atom. The summed E-state index contributed by atoms with van der Waals surface area (Å²) >= 11 is 0. The Morgan fingerprint density at radius 2 is 2.26 bits per heavy atom. The van der Waals surface area contributed by atoms with Gasteiger partial charge in [-0.2, -0.15) is 0 Å². The molecule has 0 saturated carbocycles. The Morgan fingerprint density at radius 3 is 2.79 bits per heavy atom. The molecular formula is C15H29N3O. The zero-order valence-electron chi connectivity index (χ0n) is 12.7. The fraction of sp³-hybridized carbons (Fsp3) is 0.733. The third-order valence-electron chi connectivity index (χ3n) is 3.54. The van der Waals surface area contributed by atoms with Crippen molar-refractivity contribution in [3.8, 4) is 0 Å². The highest BCUT2D eigenvalue weighted by Crippen LogP contribution is 2.29. The van der Waals surface area contributed by atoms with Gasteiger partial charge in [0.15, 0.2) is 0 Å². The van der Waals surface area contributed by atoms with Crippen LogP contribution >= 0.6 is 0 Å². The molecule has 110 valence electrons. The molecule has 4 heteroatoms. The Labute approximate surface area is 117 Å². The smallest absolute Gasteiger partial charge is 0.131 e. The highest BCUT2D eigenvalue weighted by atomic mass is 16.3. The Bertz CT molecular complexity index is 347. The molecule has 0 aromatic carbocycles. The van der Waals surface area contributed by atoms with Crippen LogP contribution < -0.4 is 16.4 Å². The standard InChI is InChI=1S/C15H29N3O/c1-10(8-12(3)16)14(11(2)9-17-4)13-6-5-7-18-15(13)19/h6,11-12,15,17-19H,5,7-9,16H2,1-4H3/b14-10+. The van der Waals surface area contributed by atoms with E-state index < -0.39 is 6.23 Å². The van der Waals surface area contributed by atoms with Crippen molar-refractivity contribution >= 4 is 0 Å². The molecule has 5 N–H and O–H groups in total. The zero-order chi connectivity index (χ0) is 14.4. The van der Waals surface area contributed by atoms with E-state index in [9.17, 15) is 5.11 Å². The van der Waals surface area contributed by atoms with Gasteiger partial charge >= 0.3 is 0 Å².